The third-order valence-electron chi connectivity index (χ3n) is 4.88. The summed E-state index contributed by atoms with van der Waals surface area (Å²) in [6, 6.07) is 16.6. The van der Waals surface area contributed by atoms with Crippen LogP contribution in [0.25, 0.3) is 5.69 Å². The van der Waals surface area contributed by atoms with E-state index in [0.717, 1.165) is 43.1 Å². The summed E-state index contributed by atoms with van der Waals surface area (Å²) >= 11 is 0. The molecule has 0 unspecified atom stereocenters. The van der Waals surface area contributed by atoms with Crippen molar-refractivity contribution in [2.45, 2.75) is 6.54 Å². The number of aromatic nitrogens is 2. The lowest BCUT2D eigenvalue weighted by atomic mass is 10.2. The predicted octanol–water partition coefficient (Wildman–Crippen LogP) is 3.27. The van der Waals surface area contributed by atoms with Crippen LogP contribution in [-0.2, 0) is 6.54 Å². The molecule has 0 radical (unpaired) electrons. The van der Waals surface area contributed by atoms with Crippen LogP contribution in [0.3, 0.4) is 0 Å². The third-order valence-corrected chi connectivity index (χ3v) is 4.88. The minimum absolute atomic E-state index is 0. The highest BCUT2D eigenvalue weighted by Crippen LogP contribution is 2.17. The number of piperazine rings is 1. The molecule has 1 saturated heterocycles. The van der Waals surface area contributed by atoms with Gasteiger partial charge >= 0.3 is 0 Å². The van der Waals surface area contributed by atoms with Gasteiger partial charge in [-0.2, -0.15) is 5.10 Å². The molecule has 1 aromatic heterocycles. The lowest BCUT2D eigenvalue weighted by Gasteiger charge is -2.36. The summed E-state index contributed by atoms with van der Waals surface area (Å²) in [5.74, 6) is 0.334. The van der Waals surface area contributed by atoms with Gasteiger partial charge in [-0.25, -0.2) is 14.1 Å². The summed E-state index contributed by atoms with van der Waals surface area (Å²) < 4.78 is 14.9. The first-order valence-corrected chi connectivity index (χ1v) is 9.33. The van der Waals surface area contributed by atoms with Crippen molar-refractivity contribution in [2.75, 3.05) is 31.1 Å². The van der Waals surface area contributed by atoms with Crippen LogP contribution in [0, 0.1) is 5.82 Å². The number of nitrogens with two attached hydrogens (primary N) is 1. The van der Waals surface area contributed by atoms with Crippen molar-refractivity contribution in [3.63, 3.8) is 0 Å². The van der Waals surface area contributed by atoms with E-state index < -0.39 is 0 Å². The Labute approximate surface area is 186 Å². The van der Waals surface area contributed by atoms with Crippen molar-refractivity contribution in [2.24, 2.45) is 10.7 Å². The molecule has 2 N–H and O–H groups in total. The maximum atomic E-state index is 13.1. The molecule has 152 valence electrons. The van der Waals surface area contributed by atoms with Crippen LogP contribution in [0.5, 0.6) is 0 Å². The Morgan fingerprint density at radius 2 is 1.66 bits per heavy atom. The standard InChI is InChI=1S/C21H23FN6.HI/c22-18-6-8-19(9-7-18)26-10-12-27(13-11-26)21(23)24-14-17-15-25-28(16-17)20-4-2-1-3-5-20;/h1-9,15-16H,10-14H2,(H2,23,24);1H. The Morgan fingerprint density at radius 1 is 0.966 bits per heavy atom. The van der Waals surface area contributed by atoms with Gasteiger partial charge in [0.2, 0.25) is 0 Å². The molecule has 3 aromatic rings. The highest BCUT2D eigenvalue weighted by Gasteiger charge is 2.18. The zero-order valence-electron chi connectivity index (χ0n) is 16.0. The fourth-order valence-electron chi connectivity index (χ4n) is 3.28. The third kappa shape index (κ3) is 5.26. The maximum absolute atomic E-state index is 13.1. The van der Waals surface area contributed by atoms with Crippen molar-refractivity contribution in [1.82, 2.24) is 14.7 Å². The van der Waals surface area contributed by atoms with Crippen molar-refractivity contribution >= 4 is 35.6 Å². The second-order valence-corrected chi connectivity index (χ2v) is 6.75. The van der Waals surface area contributed by atoms with E-state index in [1.165, 1.54) is 12.1 Å². The molecule has 1 aliphatic rings. The Bertz CT molecular complexity index is 933. The van der Waals surface area contributed by atoms with E-state index in [1.54, 1.807) is 0 Å². The fraction of sp³-hybridized carbons (Fsp3) is 0.238. The monoisotopic (exact) mass is 506 g/mol. The predicted molar refractivity (Wildman–Crippen MR) is 124 cm³/mol. The molecule has 0 bridgehead atoms. The van der Waals surface area contributed by atoms with Gasteiger partial charge in [-0.1, -0.05) is 18.2 Å². The summed E-state index contributed by atoms with van der Waals surface area (Å²) in [7, 11) is 0. The topological polar surface area (TPSA) is 62.7 Å². The van der Waals surface area contributed by atoms with Gasteiger partial charge < -0.3 is 15.5 Å². The molecule has 6 nitrogen and oxygen atoms in total. The number of nitrogens with zero attached hydrogens (tertiary/aromatic N) is 5. The number of halogens is 2. The smallest absolute Gasteiger partial charge is 0.191 e. The summed E-state index contributed by atoms with van der Waals surface area (Å²) in [6.45, 7) is 3.73. The number of guanidine groups is 1. The number of benzene rings is 2. The largest absolute Gasteiger partial charge is 0.370 e. The first-order chi connectivity index (χ1) is 13.7. The highest BCUT2D eigenvalue weighted by molar-refractivity contribution is 14.0. The van der Waals surface area contributed by atoms with E-state index in [4.69, 9.17) is 5.73 Å². The number of para-hydroxylation sites is 1. The molecule has 1 aliphatic heterocycles. The molecule has 0 saturated carbocycles. The molecule has 0 amide bonds. The van der Waals surface area contributed by atoms with E-state index in [0.29, 0.717) is 12.5 Å². The zero-order chi connectivity index (χ0) is 19.3. The molecular weight excluding hydrogens is 482 g/mol. The molecule has 0 spiro atoms. The fourth-order valence-corrected chi connectivity index (χ4v) is 3.28. The number of anilines is 1. The molecular formula is C21H24FIN6. The van der Waals surface area contributed by atoms with E-state index in [-0.39, 0.29) is 29.8 Å². The second kappa shape index (κ2) is 9.73. The molecule has 1 fully saturated rings. The van der Waals surface area contributed by atoms with Crippen molar-refractivity contribution < 1.29 is 4.39 Å². The molecule has 8 heteroatoms. The van der Waals surface area contributed by atoms with Gasteiger partial charge in [0.25, 0.3) is 0 Å². The first kappa shape index (κ1) is 21.1. The Balaban J connectivity index is 0.00000240. The molecule has 0 aliphatic carbocycles. The lowest BCUT2D eigenvalue weighted by molar-refractivity contribution is 0.380. The Morgan fingerprint density at radius 3 is 2.34 bits per heavy atom. The van der Waals surface area contributed by atoms with Gasteiger partial charge in [0.15, 0.2) is 5.96 Å². The van der Waals surface area contributed by atoms with E-state index in [1.807, 2.05) is 59.5 Å². The van der Waals surface area contributed by atoms with E-state index in [9.17, 15) is 4.39 Å². The highest BCUT2D eigenvalue weighted by atomic mass is 127. The molecule has 2 heterocycles. The van der Waals surface area contributed by atoms with Crippen LogP contribution in [0.1, 0.15) is 5.56 Å². The van der Waals surface area contributed by atoms with Crippen molar-refractivity contribution in [1.29, 1.82) is 0 Å². The minimum atomic E-state index is -0.214. The summed E-state index contributed by atoms with van der Waals surface area (Å²) in [6.07, 6.45) is 3.79. The van der Waals surface area contributed by atoms with Crippen LogP contribution in [-0.4, -0.2) is 46.8 Å². The van der Waals surface area contributed by atoms with Crippen LogP contribution < -0.4 is 10.6 Å². The van der Waals surface area contributed by atoms with Crippen LogP contribution in [0.4, 0.5) is 10.1 Å². The molecule has 0 atom stereocenters. The van der Waals surface area contributed by atoms with Gasteiger partial charge in [-0.15, -0.1) is 24.0 Å². The zero-order valence-corrected chi connectivity index (χ0v) is 18.3. The van der Waals surface area contributed by atoms with Gasteiger partial charge in [-0.05, 0) is 36.4 Å². The number of hydrogen-bond acceptors (Lipinski definition) is 3. The SMILES string of the molecule is I.NC(=NCc1cnn(-c2ccccc2)c1)N1CCN(c2ccc(F)cc2)CC1. The summed E-state index contributed by atoms with van der Waals surface area (Å²) in [5, 5.41) is 4.39. The Hall–Kier alpha value is -2.62. The molecule has 29 heavy (non-hydrogen) atoms. The van der Waals surface area contributed by atoms with Crippen molar-refractivity contribution in [3.05, 3.63) is 78.4 Å². The average Bonchev–Trinajstić information content (AvgIpc) is 3.22. The quantitative estimate of drug-likeness (QED) is 0.335. The normalized spacial score (nSPS) is 14.6. The van der Waals surface area contributed by atoms with Crippen LogP contribution in [0.2, 0.25) is 0 Å². The van der Waals surface area contributed by atoms with E-state index >= 15 is 0 Å². The maximum Gasteiger partial charge on any atom is 0.191 e. The van der Waals surface area contributed by atoms with Crippen molar-refractivity contribution in [3.8, 4) is 5.69 Å². The first-order valence-electron chi connectivity index (χ1n) is 9.33. The number of rotatable bonds is 4. The van der Waals surface area contributed by atoms with Gasteiger partial charge in [0, 0.05) is 43.6 Å². The number of aliphatic imine (C=N–C) groups is 1. The minimum Gasteiger partial charge on any atom is -0.370 e. The summed E-state index contributed by atoms with van der Waals surface area (Å²) in [5.41, 5.74) is 9.26. The second-order valence-electron chi connectivity index (χ2n) is 6.75. The lowest BCUT2D eigenvalue weighted by Crippen LogP contribution is -2.51. The average molecular weight is 506 g/mol. The van der Waals surface area contributed by atoms with Crippen LogP contribution in [0.15, 0.2) is 72.0 Å². The van der Waals surface area contributed by atoms with Crippen LogP contribution >= 0.6 is 24.0 Å². The molecule has 4 rings (SSSR count). The van der Waals surface area contributed by atoms with E-state index in [2.05, 4.69) is 19.9 Å². The summed E-state index contributed by atoms with van der Waals surface area (Å²) in [4.78, 5) is 8.85. The van der Waals surface area contributed by atoms with Gasteiger partial charge in [0.1, 0.15) is 5.82 Å². The Kier molecular flexibility index (Phi) is 7.08. The van der Waals surface area contributed by atoms with Gasteiger partial charge in [0.05, 0.1) is 18.4 Å². The number of hydrogen-bond donors (Lipinski definition) is 1. The van der Waals surface area contributed by atoms with Gasteiger partial charge in [-0.3, -0.25) is 0 Å². The molecule has 2 aromatic carbocycles.